The lowest BCUT2D eigenvalue weighted by molar-refractivity contribution is -0.128. The van der Waals surface area contributed by atoms with Gasteiger partial charge in [0.25, 0.3) is 5.91 Å². The maximum Gasteiger partial charge on any atom is 0.262 e. The molecule has 0 aromatic heterocycles. The van der Waals surface area contributed by atoms with Crippen LogP contribution in [-0.4, -0.2) is 31.0 Å². The summed E-state index contributed by atoms with van der Waals surface area (Å²) in [6.45, 7) is 2.69. The molecule has 1 atom stereocenters. The van der Waals surface area contributed by atoms with Crippen LogP contribution in [0.3, 0.4) is 0 Å². The number of anilines is 1. The van der Waals surface area contributed by atoms with Crippen molar-refractivity contribution in [2.75, 3.05) is 18.0 Å². The molecule has 1 heterocycles. The average molecular weight is 407 g/mol. The molecule has 5 nitrogen and oxygen atoms in total. The van der Waals surface area contributed by atoms with Crippen molar-refractivity contribution in [3.05, 3.63) is 58.1 Å². The predicted molar refractivity (Wildman–Crippen MR) is 107 cm³/mol. The van der Waals surface area contributed by atoms with Gasteiger partial charge in [0, 0.05) is 16.6 Å². The van der Waals surface area contributed by atoms with Gasteiger partial charge in [0.2, 0.25) is 5.91 Å². The molecule has 0 bridgehead atoms. The molecule has 1 aliphatic heterocycles. The maximum absolute atomic E-state index is 13.0. The molecule has 0 spiro atoms. The van der Waals surface area contributed by atoms with Gasteiger partial charge >= 0.3 is 0 Å². The molecule has 1 N–H and O–H groups in total. The van der Waals surface area contributed by atoms with E-state index < -0.39 is 6.10 Å². The van der Waals surface area contributed by atoms with Gasteiger partial charge in [-0.3, -0.25) is 9.59 Å². The van der Waals surface area contributed by atoms with Crippen molar-refractivity contribution in [1.82, 2.24) is 5.32 Å². The molecule has 0 saturated carbocycles. The van der Waals surface area contributed by atoms with Crippen molar-refractivity contribution >= 4 is 40.7 Å². The lowest BCUT2D eigenvalue weighted by atomic mass is 10.1. The van der Waals surface area contributed by atoms with Gasteiger partial charge in [-0.05, 0) is 36.2 Å². The number of benzene rings is 2. The highest BCUT2D eigenvalue weighted by molar-refractivity contribution is 6.35. The van der Waals surface area contributed by atoms with Gasteiger partial charge in [-0.1, -0.05) is 48.3 Å². The van der Waals surface area contributed by atoms with Gasteiger partial charge in [0.1, 0.15) is 5.75 Å². The van der Waals surface area contributed by atoms with E-state index in [2.05, 4.69) is 5.32 Å². The third-order valence-corrected chi connectivity index (χ3v) is 4.86. The first-order valence-electron chi connectivity index (χ1n) is 8.77. The Morgan fingerprint density at radius 2 is 2.00 bits per heavy atom. The highest BCUT2D eigenvalue weighted by Crippen LogP contribution is 2.34. The molecule has 3 rings (SSSR count). The maximum atomic E-state index is 13.0. The molecule has 142 valence electrons. The normalized spacial score (nSPS) is 15.7. The van der Waals surface area contributed by atoms with E-state index in [0.29, 0.717) is 33.6 Å². The highest BCUT2D eigenvalue weighted by Gasteiger charge is 2.33. The number of nitrogens with one attached hydrogen (secondary N) is 1. The minimum Gasteiger partial charge on any atom is -0.477 e. The zero-order valence-corrected chi connectivity index (χ0v) is 16.4. The average Bonchev–Trinajstić information content (AvgIpc) is 2.67. The second-order valence-corrected chi connectivity index (χ2v) is 7.13. The number of carbonyl (C=O) groups is 2. The number of carbonyl (C=O) groups excluding carboxylic acids is 2. The molecular formula is C20H20Cl2N2O3. The van der Waals surface area contributed by atoms with E-state index in [9.17, 15) is 9.59 Å². The Bertz CT molecular complexity index is 857. The van der Waals surface area contributed by atoms with Crippen molar-refractivity contribution < 1.29 is 14.3 Å². The van der Waals surface area contributed by atoms with Crippen molar-refractivity contribution in [1.29, 1.82) is 0 Å². The summed E-state index contributed by atoms with van der Waals surface area (Å²) in [7, 11) is 0. The number of nitrogens with zero attached hydrogens (tertiary/aromatic N) is 1. The summed E-state index contributed by atoms with van der Waals surface area (Å²) < 4.78 is 5.81. The Morgan fingerprint density at radius 3 is 2.74 bits per heavy atom. The summed E-state index contributed by atoms with van der Waals surface area (Å²) in [5.74, 6) is 0.118. The fraction of sp³-hybridized carbons (Fsp3) is 0.300. The monoisotopic (exact) mass is 406 g/mol. The molecule has 2 aromatic rings. The molecule has 0 radical (unpaired) electrons. The number of halogens is 2. The fourth-order valence-corrected chi connectivity index (χ4v) is 3.37. The predicted octanol–water partition coefficient (Wildman–Crippen LogP) is 3.86. The molecule has 27 heavy (non-hydrogen) atoms. The molecule has 0 fully saturated rings. The lowest BCUT2D eigenvalue weighted by Gasteiger charge is -2.34. The van der Waals surface area contributed by atoms with Crippen LogP contribution in [0.25, 0.3) is 0 Å². The summed E-state index contributed by atoms with van der Waals surface area (Å²) >= 11 is 12.1. The van der Waals surface area contributed by atoms with E-state index in [4.69, 9.17) is 27.9 Å². The second kappa shape index (κ2) is 8.63. The Hall–Kier alpha value is -2.24. The first-order chi connectivity index (χ1) is 13.0. The summed E-state index contributed by atoms with van der Waals surface area (Å²) in [6, 6.07) is 12.2. The van der Waals surface area contributed by atoms with Gasteiger partial charge in [0.05, 0.1) is 18.7 Å². The standard InChI is InChI=1S/C20H20Cl2N2O3/c1-2-9-23-20(26)18-12-24(16-5-3-4-6-17(16)27-18)19(25)10-13-7-8-14(21)11-15(13)22/h3-8,11,18H,2,9-10,12H2,1H3,(H,23,26)/t18-/m0/s1. The van der Waals surface area contributed by atoms with Crippen molar-refractivity contribution in [2.45, 2.75) is 25.9 Å². The van der Waals surface area contributed by atoms with Crippen LogP contribution in [0.1, 0.15) is 18.9 Å². The number of ether oxygens (including phenoxy) is 1. The Morgan fingerprint density at radius 1 is 1.22 bits per heavy atom. The van der Waals surface area contributed by atoms with Crippen molar-refractivity contribution in [3.63, 3.8) is 0 Å². The molecule has 2 aromatic carbocycles. The van der Waals surface area contributed by atoms with Crippen LogP contribution in [0, 0.1) is 0 Å². The number of para-hydroxylation sites is 2. The molecule has 0 aliphatic carbocycles. The second-order valence-electron chi connectivity index (χ2n) is 6.28. The Balaban J connectivity index is 1.83. The number of hydrogen-bond donors (Lipinski definition) is 1. The first-order valence-corrected chi connectivity index (χ1v) is 9.53. The summed E-state index contributed by atoms with van der Waals surface area (Å²) in [4.78, 5) is 27.0. The van der Waals surface area contributed by atoms with Gasteiger partial charge in [-0.15, -0.1) is 0 Å². The van der Waals surface area contributed by atoms with Crippen LogP contribution in [0.5, 0.6) is 5.75 Å². The smallest absolute Gasteiger partial charge is 0.262 e. The Labute approximate surface area is 168 Å². The van der Waals surface area contributed by atoms with Crippen LogP contribution < -0.4 is 15.0 Å². The number of fused-ring (bicyclic) bond motifs is 1. The van der Waals surface area contributed by atoms with Crippen LogP contribution in [0.4, 0.5) is 5.69 Å². The summed E-state index contributed by atoms with van der Waals surface area (Å²) in [6.07, 6.45) is 0.177. The van der Waals surface area contributed by atoms with Gasteiger partial charge in [-0.2, -0.15) is 0 Å². The van der Waals surface area contributed by atoms with Crippen LogP contribution in [0.2, 0.25) is 10.0 Å². The highest BCUT2D eigenvalue weighted by atomic mass is 35.5. The van der Waals surface area contributed by atoms with E-state index in [1.165, 1.54) is 0 Å². The van der Waals surface area contributed by atoms with E-state index in [1.54, 1.807) is 35.2 Å². The minimum atomic E-state index is -0.754. The SMILES string of the molecule is CCCNC(=O)[C@@H]1CN(C(=O)Cc2ccc(Cl)cc2Cl)c2ccccc2O1. The van der Waals surface area contributed by atoms with Gasteiger partial charge in [-0.25, -0.2) is 0 Å². The van der Waals surface area contributed by atoms with E-state index in [0.717, 1.165) is 6.42 Å². The molecule has 1 aliphatic rings. The molecular weight excluding hydrogens is 387 g/mol. The van der Waals surface area contributed by atoms with Gasteiger partial charge in [0.15, 0.2) is 6.10 Å². The molecule has 0 unspecified atom stereocenters. The third kappa shape index (κ3) is 4.54. The third-order valence-electron chi connectivity index (χ3n) is 4.27. The largest absolute Gasteiger partial charge is 0.477 e. The quantitative estimate of drug-likeness (QED) is 0.819. The van der Waals surface area contributed by atoms with Crippen LogP contribution in [-0.2, 0) is 16.0 Å². The van der Waals surface area contributed by atoms with E-state index in [-0.39, 0.29) is 24.8 Å². The molecule has 2 amide bonds. The number of amides is 2. The Kier molecular flexibility index (Phi) is 6.24. The summed E-state index contributed by atoms with van der Waals surface area (Å²) in [5.41, 5.74) is 1.33. The van der Waals surface area contributed by atoms with Crippen molar-refractivity contribution in [3.8, 4) is 5.75 Å². The van der Waals surface area contributed by atoms with Crippen LogP contribution >= 0.6 is 23.2 Å². The fourth-order valence-electron chi connectivity index (χ4n) is 2.89. The zero-order valence-electron chi connectivity index (χ0n) is 14.9. The van der Waals surface area contributed by atoms with E-state index >= 15 is 0 Å². The van der Waals surface area contributed by atoms with Gasteiger partial charge < -0.3 is 15.0 Å². The summed E-state index contributed by atoms with van der Waals surface area (Å²) in [5, 5.41) is 3.77. The first kappa shape index (κ1) is 19.5. The lowest BCUT2D eigenvalue weighted by Crippen LogP contribution is -2.51. The van der Waals surface area contributed by atoms with Crippen LogP contribution in [0.15, 0.2) is 42.5 Å². The number of hydrogen-bond acceptors (Lipinski definition) is 3. The topological polar surface area (TPSA) is 58.6 Å². The minimum absolute atomic E-state index is 0.105. The van der Waals surface area contributed by atoms with E-state index in [1.807, 2.05) is 19.1 Å². The molecule has 0 saturated heterocycles. The van der Waals surface area contributed by atoms with Crippen molar-refractivity contribution in [2.24, 2.45) is 0 Å². The molecule has 7 heteroatoms. The number of rotatable bonds is 5. The zero-order chi connectivity index (χ0) is 19.4.